The molecular weight excluding hydrogens is 189 g/mol. The second-order valence-electron chi connectivity index (χ2n) is 2.69. The summed E-state index contributed by atoms with van der Waals surface area (Å²) in [4.78, 5) is 0. The van der Waals surface area contributed by atoms with E-state index >= 15 is 0 Å². The summed E-state index contributed by atoms with van der Waals surface area (Å²) >= 11 is 5.51. The molecule has 1 unspecified atom stereocenters. The number of nitrogens with two attached hydrogens (primary N) is 1. The summed E-state index contributed by atoms with van der Waals surface area (Å²) in [6, 6.07) is 4.14. The molecule has 13 heavy (non-hydrogen) atoms. The Hall–Kier alpha value is -1.04. The standard InChI is InChI=1S/C10H9ClFN/c1-2-3-10(13)7-4-5-8(11)9(12)6-7/h1,4-6,10H,3,13H2. The van der Waals surface area contributed by atoms with Crippen LogP contribution < -0.4 is 5.73 Å². The number of benzene rings is 1. The zero-order valence-corrected chi connectivity index (χ0v) is 7.68. The Kier molecular flexibility index (Phi) is 3.30. The van der Waals surface area contributed by atoms with Crippen LogP contribution in [-0.2, 0) is 0 Å². The van der Waals surface area contributed by atoms with Crippen LogP contribution in [0.5, 0.6) is 0 Å². The summed E-state index contributed by atoms with van der Waals surface area (Å²) in [6.45, 7) is 0. The summed E-state index contributed by atoms with van der Waals surface area (Å²) in [5, 5.41) is 0.0941. The summed E-state index contributed by atoms with van der Waals surface area (Å²) in [7, 11) is 0. The molecule has 1 aromatic carbocycles. The van der Waals surface area contributed by atoms with Crippen LogP contribution in [0.1, 0.15) is 18.0 Å². The van der Waals surface area contributed by atoms with Crippen LogP contribution >= 0.6 is 11.6 Å². The molecular formula is C10H9ClFN. The number of rotatable bonds is 2. The first kappa shape index (κ1) is 10.0. The van der Waals surface area contributed by atoms with Gasteiger partial charge in [0.05, 0.1) is 5.02 Å². The second kappa shape index (κ2) is 4.27. The van der Waals surface area contributed by atoms with Crippen molar-refractivity contribution in [2.24, 2.45) is 5.73 Å². The molecule has 0 radical (unpaired) electrons. The number of hydrogen-bond acceptors (Lipinski definition) is 1. The summed E-state index contributed by atoms with van der Waals surface area (Å²) in [5.74, 6) is 1.95. The van der Waals surface area contributed by atoms with E-state index in [1.807, 2.05) is 0 Å². The zero-order valence-electron chi connectivity index (χ0n) is 6.93. The topological polar surface area (TPSA) is 26.0 Å². The average Bonchev–Trinajstić information content (AvgIpc) is 2.10. The van der Waals surface area contributed by atoms with Crippen LogP contribution in [0.25, 0.3) is 0 Å². The molecule has 1 nitrogen and oxygen atoms in total. The van der Waals surface area contributed by atoms with Crippen molar-refractivity contribution in [3.05, 3.63) is 34.6 Å². The van der Waals surface area contributed by atoms with Crippen LogP contribution in [0.4, 0.5) is 4.39 Å². The normalized spacial score (nSPS) is 12.2. The predicted molar refractivity (Wildman–Crippen MR) is 51.8 cm³/mol. The Balaban J connectivity index is 2.91. The molecule has 0 amide bonds. The van der Waals surface area contributed by atoms with E-state index in [2.05, 4.69) is 5.92 Å². The molecule has 0 saturated heterocycles. The van der Waals surface area contributed by atoms with Crippen molar-refractivity contribution in [2.75, 3.05) is 0 Å². The minimum Gasteiger partial charge on any atom is -0.323 e. The van der Waals surface area contributed by atoms with Gasteiger partial charge in [0, 0.05) is 12.5 Å². The van der Waals surface area contributed by atoms with E-state index in [9.17, 15) is 4.39 Å². The summed E-state index contributed by atoms with van der Waals surface area (Å²) in [5.41, 5.74) is 6.34. The molecule has 0 aliphatic carbocycles. The maximum absolute atomic E-state index is 12.9. The minimum absolute atomic E-state index is 0.0941. The van der Waals surface area contributed by atoms with Gasteiger partial charge in [-0.25, -0.2) is 4.39 Å². The third-order valence-corrected chi connectivity index (χ3v) is 2.02. The Labute approximate surface area is 81.7 Å². The second-order valence-corrected chi connectivity index (χ2v) is 3.10. The minimum atomic E-state index is -0.466. The first-order chi connectivity index (χ1) is 6.15. The van der Waals surface area contributed by atoms with E-state index < -0.39 is 5.82 Å². The number of halogens is 2. The van der Waals surface area contributed by atoms with Crippen LogP contribution in [0.3, 0.4) is 0 Å². The highest BCUT2D eigenvalue weighted by Crippen LogP contribution is 2.20. The van der Waals surface area contributed by atoms with Gasteiger partial charge in [-0.3, -0.25) is 0 Å². The fourth-order valence-corrected chi connectivity index (χ4v) is 1.11. The number of hydrogen-bond donors (Lipinski definition) is 1. The molecule has 3 heteroatoms. The van der Waals surface area contributed by atoms with Crippen LogP contribution in [0.2, 0.25) is 5.02 Å². The molecule has 0 saturated carbocycles. The van der Waals surface area contributed by atoms with Gasteiger partial charge >= 0.3 is 0 Å². The lowest BCUT2D eigenvalue weighted by Gasteiger charge is -2.08. The number of terminal acetylenes is 1. The van der Waals surface area contributed by atoms with Crippen molar-refractivity contribution >= 4 is 11.6 Å². The highest BCUT2D eigenvalue weighted by atomic mass is 35.5. The SMILES string of the molecule is C#CCC(N)c1ccc(Cl)c(F)c1. The van der Waals surface area contributed by atoms with Gasteiger partial charge in [-0.15, -0.1) is 12.3 Å². The Bertz CT molecular complexity index is 343. The molecule has 0 aliphatic heterocycles. The van der Waals surface area contributed by atoms with E-state index in [1.165, 1.54) is 12.1 Å². The molecule has 0 fully saturated rings. The molecule has 0 aromatic heterocycles. The van der Waals surface area contributed by atoms with Crippen LogP contribution in [0.15, 0.2) is 18.2 Å². The smallest absolute Gasteiger partial charge is 0.142 e. The molecule has 1 rings (SSSR count). The van der Waals surface area contributed by atoms with Crippen LogP contribution in [-0.4, -0.2) is 0 Å². The third kappa shape index (κ3) is 2.45. The quantitative estimate of drug-likeness (QED) is 0.725. The summed E-state index contributed by atoms with van der Waals surface area (Å²) < 4.78 is 12.9. The summed E-state index contributed by atoms with van der Waals surface area (Å²) in [6.07, 6.45) is 5.47. The maximum atomic E-state index is 12.9. The largest absolute Gasteiger partial charge is 0.323 e. The molecule has 1 aromatic rings. The van der Waals surface area contributed by atoms with Gasteiger partial charge in [0.15, 0.2) is 0 Å². The Morgan fingerprint density at radius 1 is 1.62 bits per heavy atom. The van der Waals surface area contributed by atoms with Crippen molar-refractivity contribution in [3.8, 4) is 12.3 Å². The van der Waals surface area contributed by atoms with E-state index in [0.29, 0.717) is 12.0 Å². The van der Waals surface area contributed by atoms with Crippen molar-refractivity contribution < 1.29 is 4.39 Å². The lowest BCUT2D eigenvalue weighted by molar-refractivity contribution is 0.620. The van der Waals surface area contributed by atoms with Gasteiger partial charge in [0.1, 0.15) is 5.82 Å². The lowest BCUT2D eigenvalue weighted by Crippen LogP contribution is -2.09. The maximum Gasteiger partial charge on any atom is 0.142 e. The Morgan fingerprint density at radius 3 is 2.85 bits per heavy atom. The molecule has 1 atom stereocenters. The molecule has 2 N–H and O–H groups in total. The van der Waals surface area contributed by atoms with Gasteiger partial charge in [-0.1, -0.05) is 17.7 Å². The molecule has 0 spiro atoms. The fourth-order valence-electron chi connectivity index (χ4n) is 0.988. The predicted octanol–water partition coefficient (Wildman–Crippen LogP) is 2.50. The third-order valence-electron chi connectivity index (χ3n) is 1.71. The van der Waals surface area contributed by atoms with Gasteiger partial charge < -0.3 is 5.73 Å². The van der Waals surface area contributed by atoms with E-state index in [1.54, 1.807) is 6.07 Å². The van der Waals surface area contributed by atoms with Gasteiger partial charge in [0.25, 0.3) is 0 Å². The average molecular weight is 198 g/mol. The van der Waals surface area contributed by atoms with E-state index in [-0.39, 0.29) is 11.1 Å². The molecule has 0 aliphatic rings. The van der Waals surface area contributed by atoms with Gasteiger partial charge in [0.2, 0.25) is 0 Å². The monoisotopic (exact) mass is 197 g/mol. The van der Waals surface area contributed by atoms with Crippen molar-refractivity contribution in [1.29, 1.82) is 0 Å². The highest BCUT2D eigenvalue weighted by Gasteiger charge is 2.07. The first-order valence-corrected chi connectivity index (χ1v) is 4.17. The fraction of sp³-hybridized carbons (Fsp3) is 0.200. The van der Waals surface area contributed by atoms with Gasteiger partial charge in [-0.05, 0) is 17.7 Å². The molecule has 0 bridgehead atoms. The molecule has 0 heterocycles. The van der Waals surface area contributed by atoms with E-state index in [0.717, 1.165) is 0 Å². The first-order valence-electron chi connectivity index (χ1n) is 3.79. The van der Waals surface area contributed by atoms with Crippen molar-refractivity contribution in [1.82, 2.24) is 0 Å². The van der Waals surface area contributed by atoms with E-state index in [4.69, 9.17) is 23.8 Å². The molecule has 68 valence electrons. The van der Waals surface area contributed by atoms with Gasteiger partial charge in [-0.2, -0.15) is 0 Å². The highest BCUT2D eigenvalue weighted by molar-refractivity contribution is 6.30. The lowest BCUT2D eigenvalue weighted by atomic mass is 10.1. The van der Waals surface area contributed by atoms with Crippen molar-refractivity contribution in [2.45, 2.75) is 12.5 Å². The zero-order chi connectivity index (χ0) is 9.84. The van der Waals surface area contributed by atoms with Crippen LogP contribution in [0, 0.1) is 18.2 Å². The van der Waals surface area contributed by atoms with Crippen molar-refractivity contribution in [3.63, 3.8) is 0 Å². The Morgan fingerprint density at radius 2 is 2.31 bits per heavy atom.